The minimum atomic E-state index is -0.318. The molecule has 0 spiro atoms. The van der Waals surface area contributed by atoms with Crippen LogP contribution in [-0.2, 0) is 4.79 Å². The lowest BCUT2D eigenvalue weighted by molar-refractivity contribution is -0.115. The highest BCUT2D eigenvalue weighted by Crippen LogP contribution is 2.22. The first-order valence-electron chi connectivity index (χ1n) is 10.5. The van der Waals surface area contributed by atoms with Gasteiger partial charge in [0.15, 0.2) is 5.65 Å². The lowest BCUT2D eigenvalue weighted by Gasteiger charge is -2.08. The summed E-state index contributed by atoms with van der Waals surface area (Å²) in [7, 11) is 0. The van der Waals surface area contributed by atoms with Gasteiger partial charge in [-0.2, -0.15) is 9.61 Å². The van der Waals surface area contributed by atoms with Gasteiger partial charge in [0.1, 0.15) is 5.69 Å². The smallest absolute Gasteiger partial charge is 0.251 e. The topological polar surface area (TPSA) is 114 Å². The number of pyridine rings is 1. The second-order valence-electron chi connectivity index (χ2n) is 7.40. The Morgan fingerprint density at radius 2 is 1.59 bits per heavy atom. The molecule has 166 valence electrons. The average molecular weight is 449 g/mol. The van der Waals surface area contributed by atoms with Crippen molar-refractivity contribution in [2.45, 2.75) is 0 Å². The van der Waals surface area contributed by atoms with Gasteiger partial charge in [-0.3, -0.25) is 14.6 Å². The second kappa shape index (κ2) is 9.29. The summed E-state index contributed by atoms with van der Waals surface area (Å²) in [5, 5.41) is 18.4. The average Bonchev–Trinajstić information content (AvgIpc) is 3.32. The molecule has 0 fully saturated rings. The third-order valence-corrected chi connectivity index (χ3v) is 5.07. The SMILES string of the molecule is O=C(CNC(=O)c1ccccc1)Nc1ccc(-c2ccc3nnc(-c4ccccn4)n3n2)cc1. The van der Waals surface area contributed by atoms with Crippen LogP contribution in [0.25, 0.3) is 28.4 Å². The maximum atomic E-state index is 12.2. The summed E-state index contributed by atoms with van der Waals surface area (Å²) in [4.78, 5) is 28.6. The van der Waals surface area contributed by atoms with E-state index in [9.17, 15) is 9.59 Å². The van der Waals surface area contributed by atoms with Gasteiger partial charge in [-0.15, -0.1) is 10.2 Å². The molecule has 2 N–H and O–H groups in total. The van der Waals surface area contributed by atoms with E-state index in [-0.39, 0.29) is 18.4 Å². The molecular weight excluding hydrogens is 430 g/mol. The number of carbonyl (C=O) groups excluding carboxylic acids is 2. The molecule has 0 radical (unpaired) electrons. The zero-order valence-corrected chi connectivity index (χ0v) is 17.9. The molecule has 0 aliphatic rings. The summed E-state index contributed by atoms with van der Waals surface area (Å²) in [6.45, 7) is -0.127. The van der Waals surface area contributed by atoms with Crippen LogP contribution in [0.2, 0.25) is 0 Å². The van der Waals surface area contributed by atoms with E-state index in [2.05, 4.69) is 30.9 Å². The Kier molecular flexibility index (Phi) is 5.73. The Morgan fingerprint density at radius 1 is 0.794 bits per heavy atom. The number of fused-ring (bicyclic) bond motifs is 1. The maximum absolute atomic E-state index is 12.2. The van der Waals surface area contributed by atoms with Gasteiger partial charge in [0.25, 0.3) is 5.91 Å². The summed E-state index contributed by atoms with van der Waals surface area (Å²) >= 11 is 0. The van der Waals surface area contributed by atoms with Crippen molar-refractivity contribution in [1.82, 2.24) is 30.1 Å². The van der Waals surface area contributed by atoms with Crippen molar-refractivity contribution in [3.63, 3.8) is 0 Å². The van der Waals surface area contributed by atoms with Crippen molar-refractivity contribution in [3.8, 4) is 22.8 Å². The fourth-order valence-corrected chi connectivity index (χ4v) is 3.38. The van der Waals surface area contributed by atoms with Crippen molar-refractivity contribution in [3.05, 3.63) is 96.7 Å². The van der Waals surface area contributed by atoms with E-state index in [1.54, 1.807) is 47.1 Å². The zero-order chi connectivity index (χ0) is 23.3. The number of carbonyl (C=O) groups is 2. The van der Waals surface area contributed by atoms with Crippen LogP contribution < -0.4 is 10.6 Å². The van der Waals surface area contributed by atoms with E-state index >= 15 is 0 Å². The van der Waals surface area contributed by atoms with E-state index in [0.717, 1.165) is 11.3 Å². The lowest BCUT2D eigenvalue weighted by atomic mass is 10.1. The molecule has 0 saturated heterocycles. The number of amides is 2. The fourth-order valence-electron chi connectivity index (χ4n) is 3.38. The number of aromatic nitrogens is 5. The van der Waals surface area contributed by atoms with Crippen LogP contribution in [0.15, 0.2) is 91.1 Å². The molecule has 5 rings (SSSR count). The summed E-state index contributed by atoms with van der Waals surface area (Å²) in [5.41, 5.74) is 3.99. The van der Waals surface area contributed by atoms with E-state index in [1.807, 2.05) is 48.5 Å². The molecule has 2 aromatic carbocycles. The Morgan fingerprint density at radius 3 is 2.35 bits per heavy atom. The molecule has 5 aromatic rings. The molecule has 0 aliphatic carbocycles. The van der Waals surface area contributed by atoms with Crippen LogP contribution >= 0.6 is 0 Å². The second-order valence-corrected chi connectivity index (χ2v) is 7.40. The van der Waals surface area contributed by atoms with Crippen LogP contribution in [-0.4, -0.2) is 43.2 Å². The highest BCUT2D eigenvalue weighted by atomic mass is 16.2. The molecule has 3 heterocycles. The minimum Gasteiger partial charge on any atom is -0.343 e. The number of anilines is 1. The molecule has 9 heteroatoms. The van der Waals surface area contributed by atoms with Crippen LogP contribution in [0.5, 0.6) is 0 Å². The van der Waals surface area contributed by atoms with Crippen LogP contribution in [0.3, 0.4) is 0 Å². The molecule has 0 bridgehead atoms. The predicted molar refractivity (Wildman–Crippen MR) is 127 cm³/mol. The van der Waals surface area contributed by atoms with Crippen molar-refractivity contribution >= 4 is 23.1 Å². The molecule has 2 amide bonds. The van der Waals surface area contributed by atoms with Crippen molar-refractivity contribution in [1.29, 1.82) is 0 Å². The zero-order valence-electron chi connectivity index (χ0n) is 17.9. The first-order chi connectivity index (χ1) is 16.7. The standard InChI is InChI=1S/C25H19N7O2/c33-23(16-27-25(34)18-6-2-1-3-7-18)28-19-11-9-17(10-12-19)20-13-14-22-29-30-24(32(22)31-20)21-8-4-5-15-26-21/h1-15H,16H2,(H,27,34)(H,28,33). The van der Waals surface area contributed by atoms with E-state index < -0.39 is 0 Å². The highest BCUT2D eigenvalue weighted by Gasteiger charge is 2.12. The van der Waals surface area contributed by atoms with Gasteiger partial charge < -0.3 is 10.6 Å². The largest absolute Gasteiger partial charge is 0.343 e. The first kappa shape index (κ1) is 21.0. The Hall–Kier alpha value is -4.92. The molecule has 34 heavy (non-hydrogen) atoms. The van der Waals surface area contributed by atoms with Crippen LogP contribution in [0.1, 0.15) is 10.4 Å². The van der Waals surface area contributed by atoms with Gasteiger partial charge in [0.05, 0.1) is 12.2 Å². The molecule has 0 unspecified atom stereocenters. The molecule has 9 nitrogen and oxygen atoms in total. The molecule has 3 aromatic heterocycles. The first-order valence-corrected chi connectivity index (χ1v) is 10.5. The Bertz CT molecular complexity index is 1450. The number of nitrogens with one attached hydrogen (secondary N) is 2. The maximum Gasteiger partial charge on any atom is 0.251 e. The minimum absolute atomic E-state index is 0.127. The summed E-state index contributed by atoms with van der Waals surface area (Å²) in [5.74, 6) is -0.0634. The third-order valence-electron chi connectivity index (χ3n) is 5.07. The summed E-state index contributed by atoms with van der Waals surface area (Å²) < 4.78 is 1.66. The van der Waals surface area contributed by atoms with Crippen LogP contribution in [0.4, 0.5) is 5.69 Å². The summed E-state index contributed by atoms with van der Waals surface area (Å²) in [6, 6.07) is 25.3. The van der Waals surface area contributed by atoms with Gasteiger partial charge >= 0.3 is 0 Å². The number of benzene rings is 2. The fraction of sp³-hybridized carbons (Fsp3) is 0.0400. The molecule has 0 atom stereocenters. The van der Waals surface area contributed by atoms with Gasteiger partial charge in [-0.1, -0.05) is 36.4 Å². The highest BCUT2D eigenvalue weighted by molar-refractivity contribution is 5.99. The van der Waals surface area contributed by atoms with E-state index in [4.69, 9.17) is 0 Å². The molecule has 0 saturated carbocycles. The number of hydrogen-bond donors (Lipinski definition) is 2. The quantitative estimate of drug-likeness (QED) is 0.411. The van der Waals surface area contributed by atoms with Gasteiger partial charge in [-0.05, 0) is 48.5 Å². The van der Waals surface area contributed by atoms with Gasteiger partial charge in [0.2, 0.25) is 11.7 Å². The van der Waals surface area contributed by atoms with Crippen LogP contribution in [0, 0.1) is 0 Å². The predicted octanol–water partition coefficient (Wildman–Crippen LogP) is 3.22. The number of hydrogen-bond acceptors (Lipinski definition) is 6. The number of nitrogens with zero attached hydrogens (tertiary/aromatic N) is 5. The lowest BCUT2D eigenvalue weighted by Crippen LogP contribution is -2.32. The Balaban J connectivity index is 1.27. The molecule has 0 aliphatic heterocycles. The van der Waals surface area contributed by atoms with Gasteiger partial charge in [-0.25, -0.2) is 0 Å². The monoisotopic (exact) mass is 449 g/mol. The normalized spacial score (nSPS) is 10.7. The van der Waals surface area contributed by atoms with Crippen molar-refractivity contribution in [2.24, 2.45) is 0 Å². The summed E-state index contributed by atoms with van der Waals surface area (Å²) in [6.07, 6.45) is 1.69. The van der Waals surface area contributed by atoms with Crippen molar-refractivity contribution in [2.75, 3.05) is 11.9 Å². The molecular formula is C25H19N7O2. The Labute approximate surface area is 194 Å². The number of rotatable bonds is 6. The van der Waals surface area contributed by atoms with Crippen molar-refractivity contribution < 1.29 is 9.59 Å². The third kappa shape index (κ3) is 4.49. The van der Waals surface area contributed by atoms with E-state index in [1.165, 1.54) is 0 Å². The van der Waals surface area contributed by atoms with E-state index in [0.29, 0.717) is 28.4 Å². The van der Waals surface area contributed by atoms with Gasteiger partial charge in [0, 0.05) is 23.0 Å².